The van der Waals surface area contributed by atoms with Crippen LogP contribution in [0, 0.1) is 0 Å². The van der Waals surface area contributed by atoms with Crippen LogP contribution in [0.1, 0.15) is 84.4 Å². The molecule has 3 atom stereocenters. The summed E-state index contributed by atoms with van der Waals surface area (Å²) < 4.78 is 5.47. The fourth-order valence-corrected chi connectivity index (χ4v) is 4.39. The Kier molecular flexibility index (Phi) is 12.3. The van der Waals surface area contributed by atoms with Gasteiger partial charge in [-0.3, -0.25) is 9.59 Å². The van der Waals surface area contributed by atoms with Gasteiger partial charge in [-0.2, -0.15) is 0 Å². The Morgan fingerprint density at radius 1 is 0.949 bits per heavy atom. The average molecular weight is 540 g/mol. The average Bonchev–Trinajstić information content (AvgIpc) is 2.86. The molecule has 0 saturated carbocycles. The van der Waals surface area contributed by atoms with Crippen molar-refractivity contribution in [3.8, 4) is 5.75 Å². The Morgan fingerprint density at radius 3 is 2.18 bits per heavy atom. The van der Waals surface area contributed by atoms with Crippen molar-refractivity contribution >= 4 is 17.9 Å². The maximum Gasteiger partial charge on any atom is 0.408 e. The van der Waals surface area contributed by atoms with Crippen LogP contribution in [0.5, 0.6) is 5.75 Å². The summed E-state index contributed by atoms with van der Waals surface area (Å²) in [6, 6.07) is 13.8. The minimum Gasteiger partial charge on any atom is -0.508 e. The number of rotatable bonds is 13. The van der Waals surface area contributed by atoms with Crippen molar-refractivity contribution in [2.75, 3.05) is 6.54 Å². The number of nitrogens with zero attached hydrogens (tertiary/aromatic N) is 1. The molecule has 3 amide bonds. The molecule has 8 nitrogen and oxygen atoms in total. The lowest BCUT2D eigenvalue weighted by Crippen LogP contribution is -2.54. The second-order valence-corrected chi connectivity index (χ2v) is 10.9. The van der Waals surface area contributed by atoms with E-state index in [1.807, 2.05) is 51.1 Å². The summed E-state index contributed by atoms with van der Waals surface area (Å²) in [6.07, 6.45) is 2.58. The summed E-state index contributed by atoms with van der Waals surface area (Å²) in [6.45, 7) is 11.5. The molecule has 0 fully saturated rings. The van der Waals surface area contributed by atoms with E-state index in [4.69, 9.17) is 4.74 Å². The fraction of sp³-hybridized carbons (Fsp3) is 0.516. The van der Waals surface area contributed by atoms with Gasteiger partial charge in [-0.25, -0.2) is 4.79 Å². The number of phenolic OH excluding ortho intramolecular Hbond substituents is 1. The fourth-order valence-electron chi connectivity index (χ4n) is 4.39. The third-order valence-corrected chi connectivity index (χ3v) is 6.21. The van der Waals surface area contributed by atoms with Crippen LogP contribution < -0.4 is 10.6 Å². The number of hydrogen-bond acceptors (Lipinski definition) is 5. The van der Waals surface area contributed by atoms with Gasteiger partial charge >= 0.3 is 6.09 Å². The zero-order valence-corrected chi connectivity index (χ0v) is 24.2. The Bertz CT molecular complexity index is 1070. The lowest BCUT2D eigenvalue weighted by molar-refractivity contribution is -0.142. The molecule has 2 aromatic carbocycles. The van der Waals surface area contributed by atoms with Gasteiger partial charge in [-0.05, 0) is 52.2 Å². The van der Waals surface area contributed by atoms with Crippen LogP contribution in [-0.4, -0.2) is 52.1 Å². The van der Waals surface area contributed by atoms with Crippen molar-refractivity contribution in [2.24, 2.45) is 0 Å². The van der Waals surface area contributed by atoms with Crippen LogP contribution in [0.2, 0.25) is 0 Å². The van der Waals surface area contributed by atoms with Gasteiger partial charge in [0.15, 0.2) is 0 Å². The van der Waals surface area contributed by atoms with E-state index in [-0.39, 0.29) is 30.7 Å². The first-order valence-corrected chi connectivity index (χ1v) is 13.9. The van der Waals surface area contributed by atoms with Gasteiger partial charge < -0.3 is 25.4 Å². The quantitative estimate of drug-likeness (QED) is 0.311. The maximum absolute atomic E-state index is 14.3. The van der Waals surface area contributed by atoms with E-state index in [0.717, 1.165) is 24.8 Å². The monoisotopic (exact) mass is 539 g/mol. The first-order chi connectivity index (χ1) is 18.5. The zero-order valence-electron chi connectivity index (χ0n) is 24.2. The third-order valence-electron chi connectivity index (χ3n) is 6.21. The van der Waals surface area contributed by atoms with E-state index in [9.17, 15) is 19.5 Å². The molecule has 2 aromatic rings. The van der Waals surface area contributed by atoms with Crippen LogP contribution in [0.25, 0.3) is 0 Å². The predicted octanol–water partition coefficient (Wildman–Crippen LogP) is 5.50. The molecule has 3 N–H and O–H groups in total. The third kappa shape index (κ3) is 10.3. The second kappa shape index (κ2) is 15.1. The van der Waals surface area contributed by atoms with Crippen LogP contribution >= 0.6 is 0 Å². The number of ether oxygens (including phenoxy) is 1. The molecule has 8 heteroatoms. The normalized spacial score (nSPS) is 13.6. The minimum atomic E-state index is -1.08. The van der Waals surface area contributed by atoms with Gasteiger partial charge in [-0.1, -0.05) is 75.2 Å². The standard InChI is InChI=1S/C31H45N3O5/c1-7-9-20-34(27(24-18-13-14-19-26(24)35)28(36)32-22(3)15-8-2)29(37)25(21-23-16-11-10-12-17-23)33-30(38)39-31(4,5)6/h10-14,16-19,22,25,27,35H,7-9,15,20-21H2,1-6H3,(H,32,36)(H,33,38). The minimum absolute atomic E-state index is 0.0743. The molecule has 3 unspecified atom stereocenters. The van der Waals surface area contributed by atoms with Crippen molar-refractivity contribution in [2.45, 2.75) is 97.4 Å². The highest BCUT2D eigenvalue weighted by Gasteiger charge is 2.37. The number of benzene rings is 2. The summed E-state index contributed by atoms with van der Waals surface area (Å²) in [7, 11) is 0. The molecule has 0 spiro atoms. The number of amides is 3. The Labute approximate surface area is 233 Å². The SMILES string of the molecule is CCCCN(C(=O)C(Cc1ccccc1)NC(=O)OC(C)(C)C)C(C(=O)NC(C)CCC)c1ccccc1O. The summed E-state index contributed by atoms with van der Waals surface area (Å²) in [4.78, 5) is 42.3. The summed E-state index contributed by atoms with van der Waals surface area (Å²) >= 11 is 0. The molecule has 0 aliphatic carbocycles. The van der Waals surface area contributed by atoms with Crippen molar-refractivity contribution in [1.29, 1.82) is 0 Å². The summed E-state index contributed by atoms with van der Waals surface area (Å²) in [5.74, 6) is -0.878. The summed E-state index contributed by atoms with van der Waals surface area (Å²) in [5, 5.41) is 16.5. The second-order valence-electron chi connectivity index (χ2n) is 10.9. The van der Waals surface area contributed by atoms with Gasteiger partial charge in [-0.15, -0.1) is 0 Å². The smallest absolute Gasteiger partial charge is 0.408 e. The van der Waals surface area contributed by atoms with E-state index in [1.54, 1.807) is 39.0 Å². The van der Waals surface area contributed by atoms with E-state index in [1.165, 1.54) is 11.0 Å². The van der Waals surface area contributed by atoms with Crippen molar-refractivity contribution in [3.63, 3.8) is 0 Å². The number of unbranched alkanes of at least 4 members (excludes halogenated alkanes) is 1. The molecule has 0 aromatic heterocycles. The predicted molar refractivity (Wildman–Crippen MR) is 153 cm³/mol. The van der Waals surface area contributed by atoms with E-state index < -0.39 is 29.7 Å². The van der Waals surface area contributed by atoms with Crippen LogP contribution in [-0.2, 0) is 20.7 Å². The highest BCUT2D eigenvalue weighted by molar-refractivity contribution is 5.92. The molecule has 0 radical (unpaired) electrons. The molecule has 0 saturated heterocycles. The first kappa shape index (κ1) is 31.7. The Balaban J connectivity index is 2.54. The van der Waals surface area contributed by atoms with Gasteiger partial charge in [0, 0.05) is 24.6 Å². The molecule has 39 heavy (non-hydrogen) atoms. The lowest BCUT2D eigenvalue weighted by atomic mass is 9.98. The number of nitrogens with one attached hydrogen (secondary N) is 2. The Hall–Kier alpha value is -3.55. The Morgan fingerprint density at radius 2 is 1.59 bits per heavy atom. The highest BCUT2D eigenvalue weighted by atomic mass is 16.6. The van der Waals surface area contributed by atoms with Crippen LogP contribution in [0.4, 0.5) is 4.79 Å². The molecule has 0 bridgehead atoms. The molecule has 0 heterocycles. The largest absolute Gasteiger partial charge is 0.508 e. The number of hydrogen-bond donors (Lipinski definition) is 3. The van der Waals surface area contributed by atoms with Gasteiger partial charge in [0.2, 0.25) is 11.8 Å². The number of phenols is 1. The van der Waals surface area contributed by atoms with Crippen molar-refractivity contribution in [3.05, 3.63) is 65.7 Å². The molecule has 214 valence electrons. The van der Waals surface area contributed by atoms with Gasteiger partial charge in [0.05, 0.1) is 0 Å². The number of alkyl carbamates (subject to hydrolysis) is 1. The van der Waals surface area contributed by atoms with E-state index in [0.29, 0.717) is 12.0 Å². The maximum atomic E-state index is 14.3. The van der Waals surface area contributed by atoms with E-state index >= 15 is 0 Å². The first-order valence-electron chi connectivity index (χ1n) is 13.9. The topological polar surface area (TPSA) is 108 Å². The molecule has 0 aliphatic heterocycles. The summed E-state index contributed by atoms with van der Waals surface area (Å²) in [5.41, 5.74) is 0.432. The number of aromatic hydroxyl groups is 1. The van der Waals surface area contributed by atoms with Gasteiger partial charge in [0.25, 0.3) is 0 Å². The number of carbonyl (C=O) groups excluding carboxylic acids is 3. The number of para-hydroxylation sites is 1. The van der Waals surface area contributed by atoms with Crippen molar-refractivity contribution < 1.29 is 24.2 Å². The highest BCUT2D eigenvalue weighted by Crippen LogP contribution is 2.30. The molecule has 2 rings (SSSR count). The number of carbonyl (C=O) groups is 3. The van der Waals surface area contributed by atoms with E-state index in [2.05, 4.69) is 10.6 Å². The van der Waals surface area contributed by atoms with Crippen LogP contribution in [0.3, 0.4) is 0 Å². The molecular weight excluding hydrogens is 494 g/mol. The van der Waals surface area contributed by atoms with Gasteiger partial charge in [0.1, 0.15) is 23.4 Å². The van der Waals surface area contributed by atoms with Crippen molar-refractivity contribution in [1.82, 2.24) is 15.5 Å². The lowest BCUT2D eigenvalue weighted by Gasteiger charge is -2.35. The molecular formula is C31H45N3O5. The molecule has 0 aliphatic rings. The van der Waals surface area contributed by atoms with Crippen LogP contribution in [0.15, 0.2) is 54.6 Å². The zero-order chi connectivity index (χ0) is 29.0.